The van der Waals surface area contributed by atoms with Crippen molar-refractivity contribution in [3.63, 3.8) is 0 Å². The lowest BCUT2D eigenvalue weighted by Crippen LogP contribution is -2.37. The Hall–Kier alpha value is -4.06. The Bertz CT molecular complexity index is 1360. The number of amides is 2. The summed E-state index contributed by atoms with van der Waals surface area (Å²) in [6.07, 6.45) is 0. The molecular weight excluding hydrogens is 402 g/mol. The average molecular weight is 425 g/mol. The van der Waals surface area contributed by atoms with Crippen LogP contribution in [0.25, 0.3) is 22.0 Å². The molecule has 2 heterocycles. The highest BCUT2D eigenvalue weighted by atomic mass is 16.5. The number of aromatic nitrogens is 1. The summed E-state index contributed by atoms with van der Waals surface area (Å²) in [5, 5.41) is 6.84. The van der Waals surface area contributed by atoms with Gasteiger partial charge in [0, 0.05) is 40.3 Å². The van der Waals surface area contributed by atoms with E-state index in [0.717, 1.165) is 27.8 Å². The Morgan fingerprint density at radius 3 is 2.75 bits per heavy atom. The van der Waals surface area contributed by atoms with E-state index in [0.29, 0.717) is 23.5 Å². The van der Waals surface area contributed by atoms with E-state index in [-0.39, 0.29) is 17.9 Å². The number of carbonyl (C=O) groups excluding carboxylic acids is 2. The molecule has 3 aromatic carbocycles. The lowest BCUT2D eigenvalue weighted by atomic mass is 10.0. The number of para-hydroxylation sites is 1. The van der Waals surface area contributed by atoms with E-state index in [4.69, 9.17) is 4.74 Å². The standard InChI is InChI=1S/C26H23N3O3/c1-16-15-27-26(31)23-13-18-10-11-19(14-22(18)29(16)23)25(30)28-20-7-5-6-17(12-20)21-8-3-4-9-24(21)32-2/h3-14,16H,15H2,1-2H3,(H,27,31)(H,28,30). The lowest BCUT2D eigenvalue weighted by molar-refractivity contribution is 0.0919. The molecule has 1 unspecified atom stereocenters. The molecule has 0 saturated heterocycles. The monoisotopic (exact) mass is 425 g/mol. The second kappa shape index (κ2) is 7.89. The molecule has 6 nitrogen and oxygen atoms in total. The zero-order valence-corrected chi connectivity index (χ0v) is 17.9. The summed E-state index contributed by atoms with van der Waals surface area (Å²) in [6, 6.07) is 23.0. The maximum Gasteiger partial charge on any atom is 0.268 e. The predicted molar refractivity (Wildman–Crippen MR) is 125 cm³/mol. The van der Waals surface area contributed by atoms with Gasteiger partial charge in [0.25, 0.3) is 11.8 Å². The number of ether oxygens (including phenoxy) is 1. The van der Waals surface area contributed by atoms with Crippen molar-refractivity contribution in [1.82, 2.24) is 9.88 Å². The van der Waals surface area contributed by atoms with E-state index in [1.807, 2.05) is 71.3 Å². The first-order valence-corrected chi connectivity index (χ1v) is 10.5. The van der Waals surface area contributed by atoms with E-state index in [2.05, 4.69) is 17.6 Å². The molecule has 160 valence electrons. The van der Waals surface area contributed by atoms with Gasteiger partial charge in [-0.2, -0.15) is 0 Å². The minimum atomic E-state index is -0.201. The van der Waals surface area contributed by atoms with Gasteiger partial charge in [0.15, 0.2) is 0 Å². The van der Waals surface area contributed by atoms with Crippen molar-refractivity contribution in [2.45, 2.75) is 13.0 Å². The number of hydrogen-bond acceptors (Lipinski definition) is 3. The summed E-state index contributed by atoms with van der Waals surface area (Å²) in [5.41, 5.74) is 4.66. The normalized spacial score (nSPS) is 15.2. The number of benzene rings is 3. The molecule has 0 radical (unpaired) electrons. The lowest BCUT2D eigenvalue weighted by Gasteiger charge is -2.24. The first-order chi connectivity index (χ1) is 15.5. The third-order valence-electron chi connectivity index (χ3n) is 5.87. The number of anilines is 1. The quantitative estimate of drug-likeness (QED) is 0.490. The fourth-order valence-electron chi connectivity index (χ4n) is 4.29. The largest absolute Gasteiger partial charge is 0.496 e. The van der Waals surface area contributed by atoms with Crippen LogP contribution < -0.4 is 15.4 Å². The van der Waals surface area contributed by atoms with Crippen molar-refractivity contribution in [3.8, 4) is 16.9 Å². The molecule has 32 heavy (non-hydrogen) atoms. The van der Waals surface area contributed by atoms with Crippen LogP contribution in [-0.4, -0.2) is 30.0 Å². The number of hydrogen-bond donors (Lipinski definition) is 2. The summed E-state index contributed by atoms with van der Waals surface area (Å²) >= 11 is 0. The van der Waals surface area contributed by atoms with Gasteiger partial charge in [-0.25, -0.2) is 0 Å². The van der Waals surface area contributed by atoms with Gasteiger partial charge in [-0.05, 0) is 48.9 Å². The molecule has 1 aromatic heterocycles. The van der Waals surface area contributed by atoms with Gasteiger partial charge in [-0.15, -0.1) is 0 Å². The number of nitrogens with zero attached hydrogens (tertiary/aromatic N) is 1. The summed E-state index contributed by atoms with van der Waals surface area (Å²) in [4.78, 5) is 25.3. The Morgan fingerprint density at radius 1 is 1.06 bits per heavy atom. The molecule has 1 atom stereocenters. The zero-order chi connectivity index (χ0) is 22.2. The molecule has 6 heteroatoms. The first kappa shape index (κ1) is 19.9. The van der Waals surface area contributed by atoms with Crippen LogP contribution in [0.5, 0.6) is 5.75 Å². The van der Waals surface area contributed by atoms with Gasteiger partial charge >= 0.3 is 0 Å². The van der Waals surface area contributed by atoms with Crippen LogP contribution in [0.15, 0.2) is 72.8 Å². The molecule has 4 aromatic rings. The summed E-state index contributed by atoms with van der Waals surface area (Å²) in [6.45, 7) is 2.63. The molecule has 1 aliphatic rings. The van der Waals surface area contributed by atoms with E-state index < -0.39 is 0 Å². The minimum Gasteiger partial charge on any atom is -0.496 e. The third-order valence-corrected chi connectivity index (χ3v) is 5.87. The fourth-order valence-corrected chi connectivity index (χ4v) is 4.29. The van der Waals surface area contributed by atoms with Crippen molar-refractivity contribution in [3.05, 3.63) is 84.1 Å². The van der Waals surface area contributed by atoms with E-state index in [1.165, 1.54) is 0 Å². The highest BCUT2D eigenvalue weighted by Gasteiger charge is 2.24. The van der Waals surface area contributed by atoms with Crippen molar-refractivity contribution in [2.24, 2.45) is 0 Å². The molecule has 0 aliphatic carbocycles. The van der Waals surface area contributed by atoms with E-state index >= 15 is 0 Å². The molecule has 0 bridgehead atoms. The Labute approximate surface area is 185 Å². The molecule has 0 saturated carbocycles. The number of fused-ring (bicyclic) bond motifs is 3. The molecule has 1 aliphatic heterocycles. The van der Waals surface area contributed by atoms with Gasteiger partial charge < -0.3 is 19.9 Å². The summed E-state index contributed by atoms with van der Waals surface area (Å²) in [5.74, 6) is 0.489. The van der Waals surface area contributed by atoms with Crippen LogP contribution in [-0.2, 0) is 0 Å². The SMILES string of the molecule is COc1ccccc1-c1cccc(NC(=O)c2ccc3cc4n(c3c2)C(C)CNC4=O)c1. The zero-order valence-electron chi connectivity index (χ0n) is 17.9. The Balaban J connectivity index is 1.46. The highest BCUT2D eigenvalue weighted by molar-refractivity contribution is 6.07. The second-order valence-corrected chi connectivity index (χ2v) is 7.97. The predicted octanol–water partition coefficient (Wildman–Crippen LogP) is 4.87. The van der Waals surface area contributed by atoms with Crippen molar-refractivity contribution in [2.75, 3.05) is 19.0 Å². The Kier molecular flexibility index (Phi) is 4.90. The Morgan fingerprint density at radius 2 is 1.91 bits per heavy atom. The smallest absolute Gasteiger partial charge is 0.268 e. The van der Waals surface area contributed by atoms with Crippen molar-refractivity contribution in [1.29, 1.82) is 0 Å². The molecule has 0 fully saturated rings. The highest BCUT2D eigenvalue weighted by Crippen LogP contribution is 2.31. The molecular formula is C26H23N3O3. The van der Waals surface area contributed by atoms with Crippen molar-refractivity contribution >= 4 is 28.4 Å². The second-order valence-electron chi connectivity index (χ2n) is 7.97. The maximum absolute atomic E-state index is 13.0. The molecule has 2 amide bonds. The minimum absolute atomic E-state index is 0.0848. The van der Waals surface area contributed by atoms with Gasteiger partial charge in [-0.1, -0.05) is 36.4 Å². The molecule has 0 spiro atoms. The van der Waals surface area contributed by atoms with Gasteiger partial charge in [-0.3, -0.25) is 9.59 Å². The number of methoxy groups -OCH3 is 1. The number of carbonyl (C=O) groups is 2. The number of nitrogens with one attached hydrogen (secondary N) is 2. The van der Waals surface area contributed by atoms with Crippen LogP contribution in [0.1, 0.15) is 33.8 Å². The average Bonchev–Trinajstić information content (AvgIpc) is 3.22. The summed E-state index contributed by atoms with van der Waals surface area (Å²) in [7, 11) is 1.64. The molecule has 5 rings (SSSR count). The van der Waals surface area contributed by atoms with Crippen LogP contribution in [0.4, 0.5) is 5.69 Å². The van der Waals surface area contributed by atoms with E-state index in [1.54, 1.807) is 13.2 Å². The van der Waals surface area contributed by atoms with Gasteiger partial charge in [0.05, 0.1) is 7.11 Å². The van der Waals surface area contributed by atoms with Gasteiger partial charge in [0.2, 0.25) is 0 Å². The van der Waals surface area contributed by atoms with Gasteiger partial charge in [0.1, 0.15) is 11.4 Å². The summed E-state index contributed by atoms with van der Waals surface area (Å²) < 4.78 is 7.47. The van der Waals surface area contributed by atoms with Crippen LogP contribution in [0.3, 0.4) is 0 Å². The van der Waals surface area contributed by atoms with E-state index in [9.17, 15) is 9.59 Å². The molecule has 2 N–H and O–H groups in total. The number of rotatable bonds is 4. The van der Waals surface area contributed by atoms with Crippen LogP contribution >= 0.6 is 0 Å². The first-order valence-electron chi connectivity index (χ1n) is 10.5. The third kappa shape index (κ3) is 3.39. The maximum atomic E-state index is 13.0. The van der Waals surface area contributed by atoms with Crippen molar-refractivity contribution < 1.29 is 14.3 Å². The van der Waals surface area contributed by atoms with Crippen LogP contribution in [0.2, 0.25) is 0 Å². The topological polar surface area (TPSA) is 72.4 Å². The fraction of sp³-hybridized carbons (Fsp3) is 0.154. The van der Waals surface area contributed by atoms with Crippen LogP contribution in [0, 0.1) is 0 Å².